The molecule has 0 saturated carbocycles. The van der Waals surface area contributed by atoms with Gasteiger partial charge in [0.2, 0.25) is 5.13 Å². The van der Waals surface area contributed by atoms with Gasteiger partial charge in [0.25, 0.3) is 0 Å². The van der Waals surface area contributed by atoms with Crippen LogP contribution in [0.1, 0.15) is 19.7 Å². The Kier molecular flexibility index (Phi) is 7.04. The minimum absolute atomic E-state index is 0.902. The average molecular weight is 340 g/mol. The maximum absolute atomic E-state index is 4.58. The topological polar surface area (TPSA) is 59.9 Å². The number of nitrogens with zero attached hydrogens (tertiary/aromatic N) is 6. The molecule has 1 fully saturated rings. The highest BCUT2D eigenvalue weighted by Crippen LogP contribution is 2.19. The van der Waals surface area contributed by atoms with Crippen LogP contribution in [0, 0.1) is 0 Å². The fraction of sp³-hybridized carbons (Fsp3) is 0.800. The number of hydrogen-bond donors (Lipinski definition) is 1. The number of aryl methyl sites for hydroxylation is 1. The van der Waals surface area contributed by atoms with Gasteiger partial charge in [-0.1, -0.05) is 13.8 Å². The van der Waals surface area contributed by atoms with Gasteiger partial charge in [0.1, 0.15) is 5.82 Å². The van der Waals surface area contributed by atoms with Crippen molar-refractivity contribution in [2.45, 2.75) is 20.3 Å². The lowest BCUT2D eigenvalue weighted by Crippen LogP contribution is -2.53. The largest absolute Gasteiger partial charge is 0.355 e. The number of guanidine groups is 1. The van der Waals surface area contributed by atoms with Crippen molar-refractivity contribution in [3.05, 3.63) is 5.82 Å². The monoisotopic (exact) mass is 339 g/mol. The predicted octanol–water partition coefficient (Wildman–Crippen LogP) is 0.750. The van der Waals surface area contributed by atoms with E-state index in [-0.39, 0.29) is 0 Å². The summed E-state index contributed by atoms with van der Waals surface area (Å²) >= 11 is 1.51. The maximum Gasteiger partial charge on any atom is 0.205 e. The van der Waals surface area contributed by atoms with Gasteiger partial charge in [0.05, 0.1) is 0 Å². The van der Waals surface area contributed by atoms with Crippen molar-refractivity contribution in [1.29, 1.82) is 0 Å². The number of nitrogens with one attached hydrogen (secondary N) is 1. The van der Waals surface area contributed by atoms with E-state index in [0.717, 1.165) is 69.1 Å². The number of piperazine rings is 1. The first-order valence-corrected chi connectivity index (χ1v) is 9.16. The SMILES string of the molecule is CCc1nsc(N2CCN(C(=NC)NCCN(C)CC)CC2)n1. The van der Waals surface area contributed by atoms with Crippen LogP contribution in [0.3, 0.4) is 0 Å². The lowest BCUT2D eigenvalue weighted by molar-refractivity contribution is 0.344. The van der Waals surface area contributed by atoms with E-state index in [1.54, 1.807) is 0 Å². The summed E-state index contributed by atoms with van der Waals surface area (Å²) in [6.07, 6.45) is 0.902. The first-order chi connectivity index (χ1) is 11.2. The molecule has 23 heavy (non-hydrogen) atoms. The molecule has 8 heteroatoms. The van der Waals surface area contributed by atoms with E-state index in [4.69, 9.17) is 0 Å². The number of anilines is 1. The summed E-state index contributed by atoms with van der Waals surface area (Å²) in [5, 5.41) is 4.51. The minimum atomic E-state index is 0.902. The highest BCUT2D eigenvalue weighted by atomic mass is 32.1. The molecule has 0 radical (unpaired) electrons. The summed E-state index contributed by atoms with van der Waals surface area (Å²) in [5.74, 6) is 1.95. The van der Waals surface area contributed by atoms with Crippen molar-refractivity contribution in [3.63, 3.8) is 0 Å². The second-order valence-corrected chi connectivity index (χ2v) is 6.42. The van der Waals surface area contributed by atoms with Crippen molar-refractivity contribution < 1.29 is 0 Å². The van der Waals surface area contributed by atoms with E-state index >= 15 is 0 Å². The molecular weight excluding hydrogens is 310 g/mol. The van der Waals surface area contributed by atoms with Crippen LogP contribution in [0.5, 0.6) is 0 Å². The molecule has 0 aliphatic carbocycles. The molecule has 0 bridgehead atoms. The predicted molar refractivity (Wildman–Crippen MR) is 97.6 cm³/mol. The van der Waals surface area contributed by atoms with Gasteiger partial charge < -0.3 is 20.0 Å². The molecule has 1 saturated heterocycles. The molecule has 0 spiro atoms. The van der Waals surface area contributed by atoms with E-state index in [0.29, 0.717) is 0 Å². The third kappa shape index (κ3) is 5.04. The highest BCUT2D eigenvalue weighted by Gasteiger charge is 2.21. The third-order valence-corrected chi connectivity index (χ3v) is 4.97. The van der Waals surface area contributed by atoms with Crippen LogP contribution in [0.25, 0.3) is 0 Å². The summed E-state index contributed by atoms with van der Waals surface area (Å²) in [6, 6.07) is 0. The van der Waals surface area contributed by atoms with Crippen molar-refractivity contribution in [3.8, 4) is 0 Å². The lowest BCUT2D eigenvalue weighted by Gasteiger charge is -2.36. The zero-order valence-electron chi connectivity index (χ0n) is 14.7. The fourth-order valence-corrected chi connectivity index (χ4v) is 3.28. The van der Waals surface area contributed by atoms with Crippen LogP contribution in [0.4, 0.5) is 5.13 Å². The Labute approximate surface area is 143 Å². The molecule has 130 valence electrons. The number of likely N-dealkylation sites (N-methyl/N-ethyl adjacent to an activating group) is 1. The van der Waals surface area contributed by atoms with E-state index in [2.05, 4.69) is 55.3 Å². The molecule has 1 aromatic heterocycles. The summed E-state index contributed by atoms with van der Waals surface area (Å²) < 4.78 is 4.38. The quantitative estimate of drug-likeness (QED) is 0.610. The van der Waals surface area contributed by atoms with Gasteiger partial charge in [-0.3, -0.25) is 4.99 Å². The van der Waals surface area contributed by atoms with Gasteiger partial charge in [-0.05, 0) is 13.6 Å². The number of hydrogen-bond acceptors (Lipinski definition) is 6. The highest BCUT2D eigenvalue weighted by molar-refractivity contribution is 7.09. The zero-order chi connectivity index (χ0) is 16.7. The molecule has 1 aliphatic rings. The molecule has 7 nitrogen and oxygen atoms in total. The third-order valence-electron chi connectivity index (χ3n) is 4.15. The normalized spacial score (nSPS) is 16.3. The fourth-order valence-electron chi connectivity index (χ4n) is 2.48. The smallest absolute Gasteiger partial charge is 0.205 e. The Balaban J connectivity index is 1.80. The van der Waals surface area contributed by atoms with Crippen LogP contribution in [0.2, 0.25) is 0 Å². The molecular formula is C15H29N7S. The Morgan fingerprint density at radius 2 is 2.04 bits per heavy atom. The zero-order valence-corrected chi connectivity index (χ0v) is 15.6. The molecule has 0 atom stereocenters. The van der Waals surface area contributed by atoms with E-state index in [1.807, 2.05) is 7.05 Å². The number of rotatable bonds is 6. The van der Waals surface area contributed by atoms with Crippen molar-refractivity contribution in [2.24, 2.45) is 4.99 Å². The molecule has 1 aromatic rings. The second kappa shape index (κ2) is 9.02. The summed E-state index contributed by atoms with van der Waals surface area (Å²) in [7, 11) is 3.99. The molecule has 2 rings (SSSR count). The van der Waals surface area contributed by atoms with Crippen LogP contribution in [0.15, 0.2) is 4.99 Å². The van der Waals surface area contributed by atoms with Gasteiger partial charge in [0, 0.05) is 64.3 Å². The maximum atomic E-state index is 4.58. The Hall–Kier alpha value is -1.41. The Morgan fingerprint density at radius 1 is 1.30 bits per heavy atom. The molecule has 0 amide bonds. The van der Waals surface area contributed by atoms with Gasteiger partial charge in [-0.25, -0.2) is 4.98 Å². The van der Waals surface area contributed by atoms with E-state index < -0.39 is 0 Å². The summed E-state index contributed by atoms with van der Waals surface area (Å²) in [4.78, 5) is 15.9. The van der Waals surface area contributed by atoms with Gasteiger partial charge in [0.15, 0.2) is 5.96 Å². The second-order valence-electron chi connectivity index (χ2n) is 5.69. The van der Waals surface area contributed by atoms with Gasteiger partial charge in [-0.2, -0.15) is 4.37 Å². The van der Waals surface area contributed by atoms with Crippen molar-refractivity contribution in [1.82, 2.24) is 24.5 Å². The Morgan fingerprint density at radius 3 is 2.61 bits per heavy atom. The lowest BCUT2D eigenvalue weighted by atomic mass is 10.3. The first-order valence-electron chi connectivity index (χ1n) is 8.39. The molecule has 0 unspecified atom stereocenters. The standard InChI is InChI=1S/C15H29N7S/c1-5-13-18-15(23-19-13)22-11-9-21(10-12-22)14(16-3)17-7-8-20(4)6-2/h5-12H2,1-4H3,(H,16,17). The molecule has 0 aromatic carbocycles. The van der Waals surface area contributed by atoms with Crippen LogP contribution in [-0.4, -0.2) is 85.0 Å². The van der Waals surface area contributed by atoms with E-state index in [9.17, 15) is 0 Å². The van der Waals surface area contributed by atoms with Crippen LogP contribution < -0.4 is 10.2 Å². The molecule has 2 heterocycles. The van der Waals surface area contributed by atoms with Gasteiger partial charge in [-0.15, -0.1) is 0 Å². The van der Waals surface area contributed by atoms with Crippen LogP contribution in [-0.2, 0) is 6.42 Å². The van der Waals surface area contributed by atoms with Gasteiger partial charge >= 0.3 is 0 Å². The Bertz CT molecular complexity index is 494. The van der Waals surface area contributed by atoms with Crippen molar-refractivity contribution in [2.75, 3.05) is 64.8 Å². The minimum Gasteiger partial charge on any atom is -0.355 e. The number of aromatic nitrogens is 2. The molecule has 1 aliphatic heterocycles. The molecule has 1 N–H and O–H groups in total. The summed E-state index contributed by atoms with van der Waals surface area (Å²) in [5.41, 5.74) is 0. The van der Waals surface area contributed by atoms with Crippen LogP contribution >= 0.6 is 11.5 Å². The summed E-state index contributed by atoms with van der Waals surface area (Å²) in [6.45, 7) is 11.1. The number of aliphatic imine (C=N–C) groups is 1. The first kappa shape index (κ1) is 17.9. The van der Waals surface area contributed by atoms with Crippen molar-refractivity contribution >= 4 is 22.6 Å². The average Bonchev–Trinajstić information content (AvgIpc) is 3.08. The van der Waals surface area contributed by atoms with E-state index in [1.165, 1.54) is 11.5 Å².